The summed E-state index contributed by atoms with van der Waals surface area (Å²) in [5.74, 6) is 2.16. The lowest BCUT2D eigenvalue weighted by Crippen LogP contribution is -2.39. The van der Waals surface area contributed by atoms with Gasteiger partial charge in [0.1, 0.15) is 5.52 Å². The van der Waals surface area contributed by atoms with Crippen LogP contribution in [0.15, 0.2) is 41.3 Å². The Morgan fingerprint density at radius 3 is 2.68 bits per heavy atom. The van der Waals surface area contributed by atoms with E-state index in [9.17, 15) is 0 Å². The summed E-state index contributed by atoms with van der Waals surface area (Å²) in [6.45, 7) is 7.02. The van der Waals surface area contributed by atoms with Crippen molar-refractivity contribution in [2.45, 2.75) is 51.9 Å². The van der Waals surface area contributed by atoms with Crippen molar-refractivity contribution in [3.63, 3.8) is 0 Å². The molecule has 28 heavy (non-hydrogen) atoms. The Morgan fingerprint density at radius 1 is 1.07 bits per heavy atom. The van der Waals surface area contributed by atoms with Crippen molar-refractivity contribution in [3.05, 3.63) is 53.7 Å². The Bertz CT molecular complexity index is 965. The van der Waals surface area contributed by atoms with Gasteiger partial charge in [0.25, 0.3) is 0 Å². The van der Waals surface area contributed by atoms with Gasteiger partial charge in [-0.25, -0.2) is 4.98 Å². The maximum atomic E-state index is 5.71. The van der Waals surface area contributed by atoms with Crippen LogP contribution >= 0.6 is 0 Å². The minimum atomic E-state index is 0.664. The molecule has 5 rings (SSSR count). The first-order valence-corrected chi connectivity index (χ1v) is 10.7. The van der Waals surface area contributed by atoms with Crippen molar-refractivity contribution in [3.8, 4) is 0 Å². The van der Waals surface area contributed by atoms with Crippen LogP contribution in [0.2, 0.25) is 0 Å². The first-order valence-electron chi connectivity index (χ1n) is 10.7. The molecule has 4 heterocycles. The molecule has 1 aliphatic heterocycles. The average Bonchev–Trinajstić information content (AvgIpc) is 3.45. The van der Waals surface area contributed by atoms with Crippen molar-refractivity contribution in [1.29, 1.82) is 0 Å². The third kappa shape index (κ3) is 3.52. The normalized spacial score (nSPS) is 22.7. The lowest BCUT2D eigenvalue weighted by molar-refractivity contribution is 0.356. The van der Waals surface area contributed by atoms with Gasteiger partial charge in [0.15, 0.2) is 5.58 Å². The number of hydrogen-bond acceptors (Lipinski definition) is 4. The van der Waals surface area contributed by atoms with Crippen LogP contribution in [0.1, 0.15) is 55.8 Å². The van der Waals surface area contributed by atoms with E-state index in [4.69, 9.17) is 9.40 Å². The molecule has 0 aromatic carbocycles. The molecular weight excluding hydrogens is 346 g/mol. The summed E-state index contributed by atoms with van der Waals surface area (Å²) in [5.41, 5.74) is 7.13. The molecule has 2 atom stereocenters. The van der Waals surface area contributed by atoms with Crippen molar-refractivity contribution >= 4 is 16.8 Å². The molecule has 0 spiro atoms. The van der Waals surface area contributed by atoms with E-state index in [-0.39, 0.29) is 0 Å². The molecule has 0 N–H and O–H groups in total. The van der Waals surface area contributed by atoms with Gasteiger partial charge < -0.3 is 9.32 Å². The van der Waals surface area contributed by atoms with Gasteiger partial charge >= 0.3 is 0 Å². The maximum Gasteiger partial charge on any atom is 0.152 e. The third-order valence-corrected chi connectivity index (χ3v) is 6.26. The largest absolute Gasteiger partial charge is 0.462 e. The van der Waals surface area contributed by atoms with Gasteiger partial charge in [-0.15, -0.1) is 0 Å². The number of furan rings is 1. The van der Waals surface area contributed by atoms with E-state index in [0.29, 0.717) is 5.92 Å². The molecular formula is C24H29N3O. The first kappa shape index (κ1) is 17.7. The van der Waals surface area contributed by atoms with Crippen molar-refractivity contribution < 1.29 is 4.42 Å². The van der Waals surface area contributed by atoms with Crippen molar-refractivity contribution in [1.82, 2.24) is 9.97 Å². The molecule has 2 aliphatic rings. The van der Waals surface area contributed by atoms with E-state index in [2.05, 4.69) is 41.9 Å². The summed E-state index contributed by atoms with van der Waals surface area (Å²) in [4.78, 5) is 11.9. The molecule has 0 radical (unpaired) electrons. The highest BCUT2D eigenvalue weighted by Gasteiger charge is 2.28. The third-order valence-electron chi connectivity index (χ3n) is 6.26. The first-order chi connectivity index (χ1) is 13.7. The number of rotatable bonds is 5. The van der Waals surface area contributed by atoms with Crippen LogP contribution in [0.4, 0.5) is 5.69 Å². The smallest absolute Gasteiger partial charge is 0.152 e. The van der Waals surface area contributed by atoms with Gasteiger partial charge in [-0.2, -0.15) is 0 Å². The van der Waals surface area contributed by atoms with Gasteiger partial charge in [-0.05, 0) is 73.6 Å². The Hall–Kier alpha value is -2.36. The lowest BCUT2D eigenvalue weighted by Gasteiger charge is -2.37. The molecule has 0 amide bonds. The summed E-state index contributed by atoms with van der Waals surface area (Å²) in [7, 11) is 0. The molecule has 4 heteroatoms. The SMILES string of the molecule is C[C@@H]1C[C@H](C)CN(c2ccncc2CCc2ccc3occ(C4CC4)c3n2)C1. The van der Waals surface area contributed by atoms with E-state index < -0.39 is 0 Å². The molecule has 4 nitrogen and oxygen atoms in total. The minimum Gasteiger partial charge on any atom is -0.462 e. The van der Waals surface area contributed by atoms with Crippen LogP contribution < -0.4 is 4.90 Å². The number of pyridine rings is 2. The Labute approximate surface area is 167 Å². The second kappa shape index (κ2) is 7.23. The van der Waals surface area contributed by atoms with Gasteiger partial charge in [-0.1, -0.05) is 13.8 Å². The van der Waals surface area contributed by atoms with Gasteiger partial charge in [0.05, 0.1) is 6.26 Å². The highest BCUT2D eigenvalue weighted by atomic mass is 16.3. The molecule has 1 saturated heterocycles. The number of hydrogen-bond donors (Lipinski definition) is 0. The summed E-state index contributed by atoms with van der Waals surface area (Å²) in [5, 5.41) is 0. The second-order valence-corrected chi connectivity index (χ2v) is 8.97. The molecule has 2 fully saturated rings. The van der Waals surface area contributed by atoms with E-state index in [0.717, 1.165) is 54.6 Å². The summed E-state index contributed by atoms with van der Waals surface area (Å²) < 4.78 is 5.71. The number of piperidine rings is 1. The van der Waals surface area contributed by atoms with E-state index in [1.807, 2.05) is 18.7 Å². The van der Waals surface area contributed by atoms with Crippen LogP contribution in [0.5, 0.6) is 0 Å². The molecule has 0 bridgehead atoms. The Morgan fingerprint density at radius 2 is 1.89 bits per heavy atom. The Balaban J connectivity index is 1.36. The summed E-state index contributed by atoms with van der Waals surface area (Å²) >= 11 is 0. The van der Waals surface area contributed by atoms with Crippen molar-refractivity contribution in [2.24, 2.45) is 11.8 Å². The highest BCUT2D eigenvalue weighted by molar-refractivity contribution is 5.77. The number of anilines is 1. The minimum absolute atomic E-state index is 0.664. The van der Waals surface area contributed by atoms with Crippen LogP contribution in [0.25, 0.3) is 11.1 Å². The zero-order chi connectivity index (χ0) is 19.1. The fraction of sp³-hybridized carbons (Fsp3) is 0.500. The molecule has 1 aliphatic carbocycles. The molecule has 0 unspecified atom stereocenters. The zero-order valence-corrected chi connectivity index (χ0v) is 16.9. The Kier molecular flexibility index (Phi) is 4.58. The number of nitrogens with zero attached hydrogens (tertiary/aromatic N) is 3. The second-order valence-electron chi connectivity index (χ2n) is 8.97. The molecule has 1 saturated carbocycles. The van der Waals surface area contributed by atoms with E-state index >= 15 is 0 Å². The highest BCUT2D eigenvalue weighted by Crippen LogP contribution is 2.43. The molecule has 146 valence electrons. The number of aromatic nitrogens is 2. The van der Waals surface area contributed by atoms with Gasteiger partial charge in [0.2, 0.25) is 0 Å². The fourth-order valence-corrected chi connectivity index (χ4v) is 4.84. The number of aryl methyl sites for hydroxylation is 2. The van der Waals surface area contributed by atoms with E-state index in [1.165, 1.54) is 36.1 Å². The van der Waals surface area contributed by atoms with Gasteiger partial charge in [-0.3, -0.25) is 4.98 Å². The van der Waals surface area contributed by atoms with Crippen LogP contribution in [0, 0.1) is 11.8 Å². The average molecular weight is 376 g/mol. The summed E-state index contributed by atoms with van der Waals surface area (Å²) in [6, 6.07) is 6.39. The lowest BCUT2D eigenvalue weighted by atomic mass is 9.91. The standard InChI is InChI=1S/C24H29N3O/c1-16-11-17(2)14-27(13-16)22-9-10-25-12-19(22)5-6-20-7-8-23-24(26-20)21(15-28-23)18-3-4-18/h7-10,12,15-18H,3-6,11,13-14H2,1-2H3/t16-,17+. The van der Waals surface area contributed by atoms with Crippen LogP contribution in [-0.4, -0.2) is 23.1 Å². The van der Waals surface area contributed by atoms with Gasteiger partial charge in [0, 0.05) is 42.4 Å². The summed E-state index contributed by atoms with van der Waals surface area (Å²) in [6.07, 6.45) is 11.7. The molecule has 3 aromatic rings. The van der Waals surface area contributed by atoms with Crippen molar-refractivity contribution in [2.75, 3.05) is 18.0 Å². The fourth-order valence-electron chi connectivity index (χ4n) is 4.84. The quantitative estimate of drug-likeness (QED) is 0.601. The van der Waals surface area contributed by atoms with Crippen LogP contribution in [0.3, 0.4) is 0 Å². The van der Waals surface area contributed by atoms with Crippen LogP contribution in [-0.2, 0) is 12.8 Å². The zero-order valence-electron chi connectivity index (χ0n) is 16.9. The monoisotopic (exact) mass is 375 g/mol. The topological polar surface area (TPSA) is 42.2 Å². The maximum absolute atomic E-state index is 5.71. The molecule has 3 aromatic heterocycles. The predicted molar refractivity (Wildman–Crippen MR) is 113 cm³/mol. The number of fused-ring (bicyclic) bond motifs is 1. The predicted octanol–water partition coefficient (Wildman–Crippen LogP) is 5.37. The van der Waals surface area contributed by atoms with E-state index in [1.54, 1.807) is 0 Å².